The summed E-state index contributed by atoms with van der Waals surface area (Å²) in [7, 11) is 0. The van der Waals surface area contributed by atoms with Gasteiger partial charge in [-0.05, 0) is 24.6 Å². The second-order valence-electron chi connectivity index (χ2n) is 2.90. The fraction of sp³-hybridized carbons (Fsp3) is 0.500. The number of aromatic nitrogens is 1. The molecule has 0 aliphatic heterocycles. The van der Waals surface area contributed by atoms with Gasteiger partial charge in [0.15, 0.2) is 6.29 Å². The third-order valence-corrected chi connectivity index (χ3v) is 1.76. The Kier molecular flexibility index (Phi) is 5.14. The minimum absolute atomic E-state index is 0.441. The molecule has 4 heteroatoms. The zero-order chi connectivity index (χ0) is 10.2. The summed E-state index contributed by atoms with van der Waals surface area (Å²) in [5.41, 5.74) is 1.14. The molecule has 0 saturated carbocycles. The third-order valence-electron chi connectivity index (χ3n) is 1.76. The highest BCUT2D eigenvalue weighted by Gasteiger charge is 2.00. The lowest BCUT2D eigenvalue weighted by Crippen LogP contribution is -2.28. The summed E-state index contributed by atoms with van der Waals surface area (Å²) >= 11 is 0. The monoisotopic (exact) mass is 196 g/mol. The smallest absolute Gasteiger partial charge is 0.167 e. The predicted octanol–water partition coefficient (Wildman–Crippen LogP) is 0.526. The largest absolute Gasteiger partial charge is 0.367 e. The van der Waals surface area contributed by atoms with E-state index in [9.17, 15) is 5.11 Å². The SMILES string of the molecule is CCOC(O)CNCc1ccncc1. The van der Waals surface area contributed by atoms with Gasteiger partial charge in [0, 0.05) is 32.1 Å². The van der Waals surface area contributed by atoms with Crippen molar-refractivity contribution in [2.75, 3.05) is 13.2 Å². The molecule has 1 aromatic rings. The van der Waals surface area contributed by atoms with E-state index in [0.29, 0.717) is 19.7 Å². The molecular weight excluding hydrogens is 180 g/mol. The molecule has 2 N–H and O–H groups in total. The summed E-state index contributed by atoms with van der Waals surface area (Å²) in [6.07, 6.45) is 2.77. The van der Waals surface area contributed by atoms with Crippen LogP contribution in [0, 0.1) is 0 Å². The number of aliphatic hydroxyl groups excluding tert-OH is 1. The number of nitrogens with zero attached hydrogens (tertiary/aromatic N) is 1. The first-order valence-electron chi connectivity index (χ1n) is 4.72. The summed E-state index contributed by atoms with van der Waals surface area (Å²) in [6, 6.07) is 3.86. The maximum atomic E-state index is 9.23. The van der Waals surface area contributed by atoms with E-state index in [-0.39, 0.29) is 0 Å². The lowest BCUT2D eigenvalue weighted by atomic mass is 10.3. The van der Waals surface area contributed by atoms with E-state index in [1.807, 2.05) is 19.1 Å². The number of hydrogen-bond donors (Lipinski definition) is 2. The maximum Gasteiger partial charge on any atom is 0.167 e. The van der Waals surface area contributed by atoms with Crippen LogP contribution >= 0.6 is 0 Å². The highest BCUT2D eigenvalue weighted by atomic mass is 16.6. The van der Waals surface area contributed by atoms with E-state index in [1.165, 1.54) is 0 Å². The number of pyridine rings is 1. The number of hydrogen-bond acceptors (Lipinski definition) is 4. The fourth-order valence-electron chi connectivity index (χ4n) is 1.09. The number of ether oxygens (including phenoxy) is 1. The standard InChI is InChI=1S/C10H16N2O2/c1-2-14-10(13)8-12-7-9-3-5-11-6-4-9/h3-6,10,12-13H,2,7-8H2,1H3. The van der Waals surface area contributed by atoms with Gasteiger partial charge in [-0.1, -0.05) is 0 Å². The number of nitrogens with one attached hydrogen (secondary N) is 1. The van der Waals surface area contributed by atoms with E-state index in [4.69, 9.17) is 4.74 Å². The van der Waals surface area contributed by atoms with Gasteiger partial charge in [0.05, 0.1) is 0 Å². The first-order chi connectivity index (χ1) is 6.83. The van der Waals surface area contributed by atoms with Crippen LogP contribution in [0.2, 0.25) is 0 Å². The Balaban J connectivity index is 2.16. The van der Waals surface area contributed by atoms with Crippen LogP contribution in [0.4, 0.5) is 0 Å². The quantitative estimate of drug-likeness (QED) is 0.651. The Bertz CT molecular complexity index is 241. The van der Waals surface area contributed by atoms with Crippen molar-refractivity contribution in [2.24, 2.45) is 0 Å². The zero-order valence-corrected chi connectivity index (χ0v) is 8.31. The normalized spacial score (nSPS) is 12.7. The Morgan fingerprint density at radius 1 is 1.50 bits per heavy atom. The second kappa shape index (κ2) is 6.48. The van der Waals surface area contributed by atoms with Gasteiger partial charge < -0.3 is 15.2 Å². The molecule has 0 radical (unpaired) electrons. The first kappa shape index (κ1) is 11.1. The van der Waals surface area contributed by atoms with Gasteiger partial charge in [0.1, 0.15) is 0 Å². The van der Waals surface area contributed by atoms with Crippen LogP contribution in [0.25, 0.3) is 0 Å². The van der Waals surface area contributed by atoms with Crippen molar-refractivity contribution >= 4 is 0 Å². The van der Waals surface area contributed by atoms with Gasteiger partial charge in [0.25, 0.3) is 0 Å². The van der Waals surface area contributed by atoms with E-state index >= 15 is 0 Å². The lowest BCUT2D eigenvalue weighted by molar-refractivity contribution is -0.0914. The van der Waals surface area contributed by atoms with Crippen LogP contribution in [-0.4, -0.2) is 29.5 Å². The Morgan fingerprint density at radius 3 is 2.86 bits per heavy atom. The Morgan fingerprint density at radius 2 is 2.21 bits per heavy atom. The number of rotatable bonds is 6. The van der Waals surface area contributed by atoms with Gasteiger partial charge in [-0.25, -0.2) is 0 Å². The molecule has 1 aromatic heterocycles. The molecule has 1 unspecified atom stereocenters. The number of aliphatic hydroxyl groups is 1. The van der Waals surface area contributed by atoms with E-state index in [0.717, 1.165) is 5.56 Å². The van der Waals surface area contributed by atoms with E-state index in [2.05, 4.69) is 10.3 Å². The van der Waals surface area contributed by atoms with E-state index in [1.54, 1.807) is 12.4 Å². The van der Waals surface area contributed by atoms with Crippen molar-refractivity contribution in [2.45, 2.75) is 19.8 Å². The Labute approximate surface area is 83.9 Å². The molecule has 0 amide bonds. The van der Waals surface area contributed by atoms with Crippen molar-refractivity contribution in [1.29, 1.82) is 0 Å². The molecule has 78 valence electrons. The lowest BCUT2D eigenvalue weighted by Gasteiger charge is -2.11. The molecule has 4 nitrogen and oxygen atoms in total. The van der Waals surface area contributed by atoms with Gasteiger partial charge in [-0.15, -0.1) is 0 Å². The summed E-state index contributed by atoms with van der Waals surface area (Å²) in [6.45, 7) is 3.53. The summed E-state index contributed by atoms with van der Waals surface area (Å²) < 4.78 is 4.96. The molecule has 0 fully saturated rings. The van der Waals surface area contributed by atoms with Crippen LogP contribution < -0.4 is 5.32 Å². The van der Waals surface area contributed by atoms with Crippen molar-refractivity contribution < 1.29 is 9.84 Å². The molecule has 1 rings (SSSR count). The topological polar surface area (TPSA) is 54.4 Å². The first-order valence-corrected chi connectivity index (χ1v) is 4.72. The summed E-state index contributed by atoms with van der Waals surface area (Å²) in [5.74, 6) is 0. The van der Waals surface area contributed by atoms with Gasteiger partial charge >= 0.3 is 0 Å². The van der Waals surface area contributed by atoms with E-state index < -0.39 is 6.29 Å². The van der Waals surface area contributed by atoms with Crippen molar-refractivity contribution in [3.05, 3.63) is 30.1 Å². The van der Waals surface area contributed by atoms with Crippen LogP contribution in [0.1, 0.15) is 12.5 Å². The molecule has 0 aliphatic rings. The maximum absolute atomic E-state index is 9.23. The molecule has 1 heterocycles. The van der Waals surface area contributed by atoms with Crippen molar-refractivity contribution in [3.63, 3.8) is 0 Å². The fourth-order valence-corrected chi connectivity index (χ4v) is 1.09. The summed E-state index contributed by atoms with van der Waals surface area (Å²) in [5, 5.41) is 12.3. The molecule has 0 saturated heterocycles. The van der Waals surface area contributed by atoms with Crippen LogP contribution in [0.15, 0.2) is 24.5 Å². The average Bonchev–Trinajstić information content (AvgIpc) is 2.20. The average molecular weight is 196 g/mol. The minimum atomic E-state index is -0.721. The minimum Gasteiger partial charge on any atom is -0.367 e. The van der Waals surface area contributed by atoms with Gasteiger partial charge in [0.2, 0.25) is 0 Å². The summed E-state index contributed by atoms with van der Waals surface area (Å²) in [4.78, 5) is 3.92. The van der Waals surface area contributed by atoms with Crippen LogP contribution in [0.5, 0.6) is 0 Å². The molecule has 1 atom stereocenters. The highest BCUT2D eigenvalue weighted by molar-refractivity contribution is 5.08. The van der Waals surface area contributed by atoms with Gasteiger partial charge in [-0.3, -0.25) is 4.98 Å². The molecular formula is C10H16N2O2. The Hall–Kier alpha value is -0.970. The van der Waals surface area contributed by atoms with Crippen LogP contribution in [-0.2, 0) is 11.3 Å². The zero-order valence-electron chi connectivity index (χ0n) is 8.31. The molecule has 0 aliphatic carbocycles. The van der Waals surface area contributed by atoms with Crippen molar-refractivity contribution in [1.82, 2.24) is 10.3 Å². The second-order valence-corrected chi connectivity index (χ2v) is 2.90. The molecule has 14 heavy (non-hydrogen) atoms. The van der Waals surface area contributed by atoms with Gasteiger partial charge in [-0.2, -0.15) is 0 Å². The predicted molar refractivity (Wildman–Crippen MR) is 53.6 cm³/mol. The third kappa shape index (κ3) is 4.32. The van der Waals surface area contributed by atoms with Crippen molar-refractivity contribution in [3.8, 4) is 0 Å². The molecule has 0 bridgehead atoms. The molecule has 0 spiro atoms. The molecule has 0 aromatic carbocycles. The highest BCUT2D eigenvalue weighted by Crippen LogP contribution is 1.94. The van der Waals surface area contributed by atoms with Crippen LogP contribution in [0.3, 0.4) is 0 Å².